The van der Waals surface area contributed by atoms with Gasteiger partial charge in [-0.25, -0.2) is 4.79 Å². The summed E-state index contributed by atoms with van der Waals surface area (Å²) < 4.78 is 35.6. The molecule has 1 heterocycles. The number of ether oxygens (including phenoxy) is 6. The summed E-state index contributed by atoms with van der Waals surface area (Å²) in [5, 5.41) is 11.3. The van der Waals surface area contributed by atoms with Crippen molar-refractivity contribution in [1.82, 2.24) is 21.3 Å². The minimum atomic E-state index is -0.940. The summed E-state index contributed by atoms with van der Waals surface area (Å²) in [6.07, 6.45) is 44.3. The van der Waals surface area contributed by atoms with Crippen LogP contribution in [-0.4, -0.2) is 107 Å². The van der Waals surface area contributed by atoms with Gasteiger partial charge in [-0.15, -0.1) is 0 Å². The maximum atomic E-state index is 13.3. The van der Waals surface area contributed by atoms with Gasteiger partial charge in [0.25, 0.3) is 0 Å². The van der Waals surface area contributed by atoms with Crippen LogP contribution in [0.3, 0.4) is 0 Å². The molecule has 0 unspecified atom stereocenters. The molecule has 0 bridgehead atoms. The molecular formula is C73H126N4O10. The molecule has 1 aromatic carbocycles. The molecule has 0 aliphatic carbocycles. The van der Waals surface area contributed by atoms with Crippen LogP contribution in [0, 0.1) is 38.5 Å². The van der Waals surface area contributed by atoms with Gasteiger partial charge in [-0.05, 0) is 173 Å². The lowest BCUT2D eigenvalue weighted by Gasteiger charge is -2.38. The van der Waals surface area contributed by atoms with Gasteiger partial charge in [0.2, 0.25) is 17.7 Å². The number of rotatable bonds is 51. The maximum Gasteiger partial charge on any atom is 0.408 e. The van der Waals surface area contributed by atoms with Gasteiger partial charge in [0.1, 0.15) is 28.7 Å². The summed E-state index contributed by atoms with van der Waals surface area (Å²) in [4.78, 5) is 51.0. The number of fused-ring (bicyclic) bond motifs is 1. The van der Waals surface area contributed by atoms with E-state index in [4.69, 9.17) is 28.4 Å². The topological polar surface area (TPSA) is 172 Å². The molecule has 14 heteroatoms. The van der Waals surface area contributed by atoms with Crippen molar-refractivity contribution in [2.75, 3.05) is 65.9 Å². The average Bonchev–Trinajstić information content (AvgIpc) is 3.12. The predicted molar refractivity (Wildman–Crippen MR) is 359 cm³/mol. The number of benzene rings is 1. The van der Waals surface area contributed by atoms with Gasteiger partial charge in [-0.3, -0.25) is 14.4 Å². The van der Waals surface area contributed by atoms with Gasteiger partial charge >= 0.3 is 6.09 Å². The quantitative estimate of drug-likeness (QED) is 0.0363. The number of amides is 4. The van der Waals surface area contributed by atoms with Crippen LogP contribution < -0.4 is 30.7 Å². The molecule has 1 aliphatic rings. The van der Waals surface area contributed by atoms with Crippen molar-refractivity contribution >= 4 is 23.8 Å². The van der Waals surface area contributed by atoms with Crippen molar-refractivity contribution in [3.8, 4) is 11.5 Å². The first kappa shape index (κ1) is 78.4. The minimum Gasteiger partial charge on any atom is -0.493 e. The molecule has 1 aromatic rings. The molecule has 14 nitrogen and oxygen atoms in total. The average molecular weight is 1220 g/mol. The van der Waals surface area contributed by atoms with Crippen molar-refractivity contribution < 1.29 is 47.6 Å². The van der Waals surface area contributed by atoms with Gasteiger partial charge in [0, 0.05) is 38.0 Å². The molecule has 0 spiro atoms. The van der Waals surface area contributed by atoms with Crippen LogP contribution in [0.15, 0.2) is 48.6 Å². The Bertz CT molecular complexity index is 2150. The molecule has 0 aromatic heterocycles. The molecular weight excluding hydrogens is 1090 g/mol. The highest BCUT2D eigenvalue weighted by Crippen LogP contribution is 2.45. The highest BCUT2D eigenvalue weighted by molar-refractivity contribution is 5.86. The van der Waals surface area contributed by atoms with E-state index in [-0.39, 0.29) is 36.2 Å². The van der Waals surface area contributed by atoms with Crippen molar-refractivity contribution in [3.05, 3.63) is 70.9 Å². The molecule has 498 valence electrons. The predicted octanol–water partition coefficient (Wildman–Crippen LogP) is 16.3. The second kappa shape index (κ2) is 48.2. The summed E-state index contributed by atoms with van der Waals surface area (Å²) in [7, 11) is 0. The number of alkyl carbamates (subject to hydrolysis) is 1. The Morgan fingerprint density at radius 3 is 1.69 bits per heavy atom. The van der Waals surface area contributed by atoms with E-state index in [0.717, 1.165) is 112 Å². The molecule has 0 saturated heterocycles. The van der Waals surface area contributed by atoms with E-state index in [1.165, 1.54) is 93.7 Å². The number of hydrogen-bond donors (Lipinski definition) is 4. The molecule has 4 atom stereocenters. The zero-order chi connectivity index (χ0) is 64.0. The van der Waals surface area contributed by atoms with Crippen LogP contribution in [0.5, 0.6) is 11.5 Å². The summed E-state index contributed by atoms with van der Waals surface area (Å²) in [5.74, 6) is 3.87. The normalized spacial score (nSPS) is 15.5. The molecule has 87 heavy (non-hydrogen) atoms. The Morgan fingerprint density at radius 2 is 1.10 bits per heavy atom. The second-order valence-electron chi connectivity index (χ2n) is 26.2. The summed E-state index contributed by atoms with van der Waals surface area (Å²) >= 11 is 0. The number of hydrogen-bond acceptors (Lipinski definition) is 10. The van der Waals surface area contributed by atoms with Gasteiger partial charge in [-0.1, -0.05) is 154 Å². The van der Waals surface area contributed by atoms with E-state index in [9.17, 15) is 19.2 Å². The maximum absolute atomic E-state index is 13.3. The van der Waals surface area contributed by atoms with Gasteiger partial charge in [0.05, 0.1) is 46.2 Å². The van der Waals surface area contributed by atoms with E-state index < -0.39 is 17.7 Å². The van der Waals surface area contributed by atoms with Crippen molar-refractivity contribution in [3.63, 3.8) is 0 Å². The van der Waals surface area contributed by atoms with Crippen molar-refractivity contribution in [1.29, 1.82) is 0 Å². The lowest BCUT2D eigenvalue weighted by molar-refractivity contribution is -0.124. The first-order valence-corrected chi connectivity index (χ1v) is 34.3. The van der Waals surface area contributed by atoms with E-state index in [0.29, 0.717) is 72.3 Å². The number of nitrogens with one attached hydrogen (secondary N) is 4. The Labute approximate surface area is 530 Å². The summed E-state index contributed by atoms with van der Waals surface area (Å²) in [5.41, 5.74) is 3.92. The second-order valence-corrected chi connectivity index (χ2v) is 26.2. The highest BCUT2D eigenvalue weighted by Gasteiger charge is 2.35. The SMILES string of the molecule is CCCCC/C=C\C/C=C\C/C=C\C/C=C\CCCC(=O)NCCOCCOCCOCCNC(=O)CC[C@H](NC(=O)OC(C)(C)C)C(=O)NCCCCCCOc1c(C)c(C)c2c(c1C)CC[C@@](C)(CCC[C@H](C)CCC[C@H](C)CCCC(C)C)O2. The standard InChI is InChI=1S/C73H126N4O10/c1-13-14-15-16-17-18-19-20-21-22-23-24-25-26-27-28-31-42-66(78)74-49-52-82-54-56-84-57-55-83-53-50-75-67(79)44-43-65(77-71(81)87-72(9,10)11)70(80)76-48-32-29-30-33-51-85-68-61(6)62(7)69-64(63(68)8)45-47-73(12,86-69)46-36-41-60(5)40-35-39-59(4)38-34-37-58(2)3/h17-18,20-21,23-24,26-27,58-60,65H,13-16,19,22,25,28-57H2,1-12H3,(H,74,78)(H,75,79)(H,76,80)(H,77,81)/b18-17-,21-20-,24-23-,27-26-/t59-,60-,65+,73-/m1/s1. The van der Waals surface area contributed by atoms with Crippen LogP contribution in [0.4, 0.5) is 4.79 Å². The number of carbonyl (C=O) groups excluding carboxylic acids is 4. The van der Waals surface area contributed by atoms with E-state index in [1.54, 1.807) is 20.8 Å². The monoisotopic (exact) mass is 1220 g/mol. The highest BCUT2D eigenvalue weighted by atomic mass is 16.6. The van der Waals surface area contributed by atoms with Crippen LogP contribution in [0.2, 0.25) is 0 Å². The third-order valence-electron chi connectivity index (χ3n) is 16.2. The third-order valence-corrected chi connectivity index (χ3v) is 16.2. The lowest BCUT2D eigenvalue weighted by Crippen LogP contribution is -2.48. The van der Waals surface area contributed by atoms with E-state index in [1.807, 2.05) is 0 Å². The molecule has 4 amide bonds. The first-order chi connectivity index (χ1) is 41.7. The number of unbranched alkanes of at least 4 members (excludes halogenated alkanes) is 7. The molecule has 0 fully saturated rings. The Balaban J connectivity index is 1.57. The molecule has 1 aliphatic heterocycles. The van der Waals surface area contributed by atoms with Crippen LogP contribution in [-0.2, 0) is 39.8 Å². The smallest absolute Gasteiger partial charge is 0.408 e. The Hall–Kier alpha value is -4.66. The van der Waals surface area contributed by atoms with Crippen LogP contribution >= 0.6 is 0 Å². The minimum absolute atomic E-state index is 0.0284. The van der Waals surface area contributed by atoms with Gasteiger partial charge in [0.15, 0.2) is 0 Å². The first-order valence-electron chi connectivity index (χ1n) is 34.3. The van der Waals surface area contributed by atoms with E-state index >= 15 is 0 Å². The molecule has 2 rings (SSSR count). The summed E-state index contributed by atoms with van der Waals surface area (Å²) in [6, 6.07) is -0.940. The Morgan fingerprint density at radius 1 is 0.563 bits per heavy atom. The van der Waals surface area contributed by atoms with Crippen molar-refractivity contribution in [2.24, 2.45) is 17.8 Å². The zero-order valence-corrected chi connectivity index (χ0v) is 57.2. The fourth-order valence-electron chi connectivity index (χ4n) is 10.7. The fraction of sp³-hybridized carbons (Fsp3) is 0.753. The van der Waals surface area contributed by atoms with Crippen molar-refractivity contribution in [2.45, 2.75) is 274 Å². The Kier molecular flexibility index (Phi) is 43.5. The lowest BCUT2D eigenvalue weighted by atomic mass is 9.83. The number of allylic oxidation sites excluding steroid dienone is 8. The molecule has 0 radical (unpaired) electrons. The fourth-order valence-corrected chi connectivity index (χ4v) is 10.7. The van der Waals surface area contributed by atoms with Crippen LogP contribution in [0.25, 0.3) is 0 Å². The molecule has 4 N–H and O–H groups in total. The zero-order valence-electron chi connectivity index (χ0n) is 57.2. The van der Waals surface area contributed by atoms with Gasteiger partial charge < -0.3 is 49.7 Å². The third kappa shape index (κ3) is 39.9. The summed E-state index contributed by atoms with van der Waals surface area (Å²) in [6.45, 7) is 29.9. The number of carbonyl (C=O) groups is 4. The van der Waals surface area contributed by atoms with E-state index in [2.05, 4.69) is 132 Å². The molecule has 0 saturated carbocycles. The van der Waals surface area contributed by atoms with Gasteiger partial charge in [-0.2, -0.15) is 0 Å². The largest absolute Gasteiger partial charge is 0.493 e. The van der Waals surface area contributed by atoms with Crippen LogP contribution in [0.1, 0.15) is 252 Å².